The van der Waals surface area contributed by atoms with E-state index >= 15 is 0 Å². The maximum Gasteiger partial charge on any atom is 0.338 e. The first kappa shape index (κ1) is 10.8. The second kappa shape index (κ2) is 6.24. The molecular weight excluding hydrogens is 180 g/mol. The van der Waals surface area contributed by atoms with Crippen molar-refractivity contribution >= 4 is 5.97 Å². The van der Waals surface area contributed by atoms with Gasteiger partial charge in [0.25, 0.3) is 0 Å². The second-order valence-corrected chi connectivity index (χ2v) is 3.30. The van der Waals surface area contributed by atoms with Gasteiger partial charge in [-0.25, -0.2) is 4.79 Å². The highest BCUT2D eigenvalue weighted by molar-refractivity contribution is 5.82. The van der Waals surface area contributed by atoms with Gasteiger partial charge >= 0.3 is 5.97 Å². The first-order valence-corrected chi connectivity index (χ1v) is 4.96. The number of carbonyl (C=O) groups excluding carboxylic acids is 1. The largest absolute Gasteiger partial charge is 0.498 e. The molecule has 14 heavy (non-hydrogen) atoms. The van der Waals surface area contributed by atoms with Crippen LogP contribution in [0.15, 0.2) is 25.2 Å². The van der Waals surface area contributed by atoms with E-state index in [0.29, 0.717) is 0 Å². The molecule has 3 heteroatoms. The predicted molar refractivity (Wildman–Crippen MR) is 53.4 cm³/mol. The van der Waals surface area contributed by atoms with Crippen molar-refractivity contribution in [2.45, 2.75) is 38.2 Å². The van der Waals surface area contributed by atoms with Gasteiger partial charge in [-0.2, -0.15) is 0 Å². The quantitative estimate of drug-likeness (QED) is 0.394. The zero-order valence-electron chi connectivity index (χ0n) is 8.28. The summed E-state index contributed by atoms with van der Waals surface area (Å²) in [6.45, 7) is 3.28. The molecule has 0 aliphatic heterocycles. The van der Waals surface area contributed by atoms with Crippen LogP contribution in [-0.4, -0.2) is 12.1 Å². The molecule has 0 N–H and O–H groups in total. The Morgan fingerprint density at radius 2 is 2.00 bits per heavy atom. The third kappa shape index (κ3) is 4.12. The van der Waals surface area contributed by atoms with Crippen LogP contribution in [0.2, 0.25) is 0 Å². The van der Waals surface area contributed by atoms with Crippen LogP contribution in [0.3, 0.4) is 0 Å². The van der Waals surface area contributed by atoms with Gasteiger partial charge in [-0.1, -0.05) is 13.0 Å². The van der Waals surface area contributed by atoms with Gasteiger partial charge in [0, 0.05) is 0 Å². The standard InChI is InChI=1S/C11H16O3/c1-2-13-11(12)8-9-14-10-6-4-3-5-7-10/h2,8-10H,1,3-7H2. The molecular formula is C11H16O3. The Morgan fingerprint density at radius 1 is 1.29 bits per heavy atom. The number of hydrogen-bond acceptors (Lipinski definition) is 3. The monoisotopic (exact) mass is 196 g/mol. The normalized spacial score (nSPS) is 18.0. The van der Waals surface area contributed by atoms with Gasteiger partial charge in [0.15, 0.2) is 0 Å². The smallest absolute Gasteiger partial charge is 0.338 e. The van der Waals surface area contributed by atoms with Gasteiger partial charge in [-0.3, -0.25) is 0 Å². The van der Waals surface area contributed by atoms with Crippen LogP contribution in [0.1, 0.15) is 32.1 Å². The lowest BCUT2D eigenvalue weighted by molar-refractivity contribution is -0.132. The van der Waals surface area contributed by atoms with Crippen molar-refractivity contribution in [3.8, 4) is 0 Å². The molecule has 0 bridgehead atoms. The fourth-order valence-electron chi connectivity index (χ4n) is 1.53. The third-order valence-electron chi connectivity index (χ3n) is 2.23. The molecule has 1 aliphatic carbocycles. The molecule has 1 saturated carbocycles. The molecule has 0 heterocycles. The molecule has 1 aliphatic rings. The van der Waals surface area contributed by atoms with Crippen molar-refractivity contribution < 1.29 is 14.3 Å². The second-order valence-electron chi connectivity index (χ2n) is 3.30. The van der Waals surface area contributed by atoms with Crippen LogP contribution >= 0.6 is 0 Å². The van der Waals surface area contributed by atoms with Crippen molar-refractivity contribution in [2.75, 3.05) is 0 Å². The molecule has 1 fully saturated rings. The van der Waals surface area contributed by atoms with Crippen LogP contribution in [0.4, 0.5) is 0 Å². The Balaban J connectivity index is 2.17. The lowest BCUT2D eigenvalue weighted by atomic mass is 9.98. The van der Waals surface area contributed by atoms with Crippen LogP contribution in [0, 0.1) is 0 Å². The molecule has 0 spiro atoms. The van der Waals surface area contributed by atoms with E-state index in [1.165, 1.54) is 31.6 Å². The van der Waals surface area contributed by atoms with E-state index in [4.69, 9.17) is 4.74 Å². The summed E-state index contributed by atoms with van der Waals surface area (Å²) in [5.74, 6) is -0.448. The van der Waals surface area contributed by atoms with E-state index in [9.17, 15) is 4.79 Å². The molecule has 0 radical (unpaired) electrons. The Kier molecular flexibility index (Phi) is 4.83. The SMILES string of the molecule is C=COC(=O)C=COC1CCCCC1. The predicted octanol–water partition coefficient (Wildman–Crippen LogP) is 2.54. The zero-order valence-corrected chi connectivity index (χ0v) is 8.28. The summed E-state index contributed by atoms with van der Waals surface area (Å²) in [5.41, 5.74) is 0. The van der Waals surface area contributed by atoms with Gasteiger partial charge < -0.3 is 9.47 Å². The Hall–Kier alpha value is -1.25. The average molecular weight is 196 g/mol. The number of ether oxygens (including phenoxy) is 2. The van der Waals surface area contributed by atoms with Gasteiger partial charge in [0.2, 0.25) is 0 Å². The minimum atomic E-state index is -0.448. The number of carbonyl (C=O) groups is 1. The Morgan fingerprint density at radius 3 is 2.64 bits per heavy atom. The van der Waals surface area contributed by atoms with Gasteiger partial charge in [0.05, 0.1) is 24.7 Å². The molecule has 3 nitrogen and oxygen atoms in total. The number of rotatable bonds is 4. The molecule has 0 amide bonds. The summed E-state index contributed by atoms with van der Waals surface area (Å²) in [4.78, 5) is 10.8. The third-order valence-corrected chi connectivity index (χ3v) is 2.23. The summed E-state index contributed by atoms with van der Waals surface area (Å²) in [7, 11) is 0. The van der Waals surface area contributed by atoms with Crippen molar-refractivity contribution in [1.82, 2.24) is 0 Å². The first-order chi connectivity index (χ1) is 6.83. The number of esters is 1. The minimum Gasteiger partial charge on any atom is -0.498 e. The summed E-state index contributed by atoms with van der Waals surface area (Å²) in [5, 5.41) is 0. The fourth-order valence-corrected chi connectivity index (χ4v) is 1.53. The molecule has 0 aromatic carbocycles. The highest BCUT2D eigenvalue weighted by atomic mass is 16.5. The van der Waals surface area contributed by atoms with E-state index in [0.717, 1.165) is 19.1 Å². The van der Waals surface area contributed by atoms with E-state index in [-0.39, 0.29) is 6.10 Å². The highest BCUT2D eigenvalue weighted by Crippen LogP contribution is 2.20. The fraction of sp³-hybridized carbons (Fsp3) is 0.545. The van der Waals surface area contributed by atoms with Gasteiger partial charge in [-0.15, -0.1) is 0 Å². The topological polar surface area (TPSA) is 35.5 Å². The lowest BCUT2D eigenvalue weighted by Gasteiger charge is -2.20. The van der Waals surface area contributed by atoms with Crippen molar-refractivity contribution in [1.29, 1.82) is 0 Å². The zero-order chi connectivity index (χ0) is 10.2. The highest BCUT2D eigenvalue weighted by Gasteiger charge is 2.12. The van der Waals surface area contributed by atoms with E-state index in [2.05, 4.69) is 11.3 Å². The first-order valence-electron chi connectivity index (χ1n) is 4.96. The van der Waals surface area contributed by atoms with Crippen molar-refractivity contribution in [3.63, 3.8) is 0 Å². The molecule has 0 aromatic rings. The van der Waals surface area contributed by atoms with E-state index in [1.807, 2.05) is 0 Å². The van der Waals surface area contributed by atoms with Gasteiger partial charge in [-0.05, 0) is 25.7 Å². The molecule has 0 saturated heterocycles. The molecule has 0 unspecified atom stereocenters. The van der Waals surface area contributed by atoms with Crippen molar-refractivity contribution in [3.05, 3.63) is 25.2 Å². The molecule has 78 valence electrons. The van der Waals surface area contributed by atoms with E-state index in [1.54, 1.807) is 0 Å². The maximum absolute atomic E-state index is 10.8. The molecule has 0 atom stereocenters. The van der Waals surface area contributed by atoms with Gasteiger partial charge in [0.1, 0.15) is 0 Å². The van der Waals surface area contributed by atoms with Crippen LogP contribution in [0.25, 0.3) is 0 Å². The molecule has 0 aromatic heterocycles. The molecule has 1 rings (SSSR count). The summed E-state index contributed by atoms with van der Waals surface area (Å²) in [6.07, 6.45) is 9.97. The minimum absolute atomic E-state index is 0.275. The van der Waals surface area contributed by atoms with Crippen LogP contribution < -0.4 is 0 Å². The Labute approximate surface area is 84.4 Å². The summed E-state index contributed by atoms with van der Waals surface area (Å²) in [6, 6.07) is 0. The summed E-state index contributed by atoms with van der Waals surface area (Å²) >= 11 is 0. The lowest BCUT2D eigenvalue weighted by Crippen LogP contribution is -2.13. The number of hydrogen-bond donors (Lipinski definition) is 0. The van der Waals surface area contributed by atoms with Crippen molar-refractivity contribution in [2.24, 2.45) is 0 Å². The van der Waals surface area contributed by atoms with Crippen LogP contribution in [0.5, 0.6) is 0 Å². The van der Waals surface area contributed by atoms with E-state index < -0.39 is 5.97 Å². The average Bonchev–Trinajstić information content (AvgIpc) is 2.20. The van der Waals surface area contributed by atoms with Crippen LogP contribution in [-0.2, 0) is 14.3 Å². The Bertz CT molecular complexity index is 215. The summed E-state index contributed by atoms with van der Waals surface area (Å²) < 4.78 is 9.87. The maximum atomic E-state index is 10.8.